The number of aryl methyl sites for hydroxylation is 1. The summed E-state index contributed by atoms with van der Waals surface area (Å²) in [6.45, 7) is 5.75. The topological polar surface area (TPSA) is 85.2 Å². The smallest absolute Gasteiger partial charge is 0.254 e. The quantitative estimate of drug-likeness (QED) is 0.766. The van der Waals surface area contributed by atoms with Gasteiger partial charge in [-0.05, 0) is 50.3 Å². The molecular weight excluding hydrogens is 356 g/mol. The summed E-state index contributed by atoms with van der Waals surface area (Å²) in [7, 11) is 1.65. The van der Waals surface area contributed by atoms with E-state index in [4.69, 9.17) is 4.74 Å². The number of nitrogens with one attached hydrogen (secondary N) is 2. The molecule has 1 aliphatic rings. The number of hydrogen-bond acceptors (Lipinski definition) is 4. The van der Waals surface area contributed by atoms with E-state index in [1.165, 1.54) is 0 Å². The van der Waals surface area contributed by atoms with Gasteiger partial charge in [0.25, 0.3) is 11.8 Å². The second kappa shape index (κ2) is 9.01. The number of methoxy groups -OCH3 is 1. The number of nitrogens with zero attached hydrogens (tertiary/aromatic N) is 2. The van der Waals surface area contributed by atoms with Gasteiger partial charge in [0.15, 0.2) is 0 Å². The van der Waals surface area contributed by atoms with E-state index in [-0.39, 0.29) is 23.8 Å². The largest absolute Gasteiger partial charge is 0.380 e. The SMILES string of the molecule is COCc1ccc(C(=O)NC[C@H]2CCn3ncc(C(=O)NC(C)C)c3C2)cc1. The zero-order valence-corrected chi connectivity index (χ0v) is 16.7. The molecule has 1 aromatic carbocycles. The number of rotatable bonds is 7. The molecule has 3 rings (SSSR count). The Labute approximate surface area is 165 Å². The maximum Gasteiger partial charge on any atom is 0.254 e. The van der Waals surface area contributed by atoms with E-state index in [1.807, 2.05) is 42.8 Å². The third-order valence-corrected chi connectivity index (χ3v) is 4.92. The Morgan fingerprint density at radius 3 is 2.68 bits per heavy atom. The molecule has 0 unspecified atom stereocenters. The number of carbonyl (C=O) groups is 2. The van der Waals surface area contributed by atoms with Gasteiger partial charge < -0.3 is 15.4 Å². The predicted octanol–water partition coefficient (Wildman–Crippen LogP) is 2.16. The van der Waals surface area contributed by atoms with Gasteiger partial charge in [-0.2, -0.15) is 5.10 Å². The Hall–Kier alpha value is -2.67. The first-order chi connectivity index (χ1) is 13.5. The highest BCUT2D eigenvalue weighted by atomic mass is 16.5. The number of aromatic nitrogens is 2. The fraction of sp³-hybridized carbons (Fsp3) is 0.476. The third kappa shape index (κ3) is 4.78. The lowest BCUT2D eigenvalue weighted by atomic mass is 9.94. The molecule has 2 aromatic rings. The highest BCUT2D eigenvalue weighted by Gasteiger charge is 2.25. The van der Waals surface area contributed by atoms with Gasteiger partial charge in [0.1, 0.15) is 0 Å². The summed E-state index contributed by atoms with van der Waals surface area (Å²) in [5.41, 5.74) is 3.26. The van der Waals surface area contributed by atoms with Crippen molar-refractivity contribution in [3.63, 3.8) is 0 Å². The van der Waals surface area contributed by atoms with Gasteiger partial charge in [0.2, 0.25) is 0 Å². The number of carbonyl (C=O) groups excluding carboxylic acids is 2. The lowest BCUT2D eigenvalue weighted by Crippen LogP contribution is -2.35. The molecular formula is C21H28N4O3. The molecule has 150 valence electrons. The van der Waals surface area contributed by atoms with E-state index >= 15 is 0 Å². The molecule has 1 aliphatic heterocycles. The summed E-state index contributed by atoms with van der Waals surface area (Å²) in [6, 6.07) is 7.51. The molecule has 1 atom stereocenters. The average molecular weight is 384 g/mol. The summed E-state index contributed by atoms with van der Waals surface area (Å²) in [6.07, 6.45) is 3.30. The molecule has 0 fully saturated rings. The van der Waals surface area contributed by atoms with Crippen LogP contribution in [0.15, 0.2) is 30.5 Å². The fourth-order valence-electron chi connectivity index (χ4n) is 3.46. The molecule has 2 N–H and O–H groups in total. The van der Waals surface area contributed by atoms with Crippen molar-refractivity contribution in [2.24, 2.45) is 5.92 Å². The minimum atomic E-state index is -0.0860. The molecule has 1 aromatic heterocycles. The molecule has 0 aliphatic carbocycles. The highest BCUT2D eigenvalue weighted by Crippen LogP contribution is 2.23. The lowest BCUT2D eigenvalue weighted by molar-refractivity contribution is 0.0930. The van der Waals surface area contributed by atoms with Crippen molar-refractivity contribution in [2.45, 2.75) is 45.9 Å². The Kier molecular flexibility index (Phi) is 6.46. The first-order valence-corrected chi connectivity index (χ1v) is 9.69. The molecule has 2 heterocycles. The maximum atomic E-state index is 12.4. The van der Waals surface area contributed by atoms with Crippen LogP contribution >= 0.6 is 0 Å². The van der Waals surface area contributed by atoms with Crippen LogP contribution in [0.3, 0.4) is 0 Å². The molecule has 28 heavy (non-hydrogen) atoms. The number of amides is 2. The van der Waals surface area contributed by atoms with Gasteiger partial charge >= 0.3 is 0 Å². The zero-order valence-electron chi connectivity index (χ0n) is 16.7. The van der Waals surface area contributed by atoms with Crippen molar-refractivity contribution in [2.75, 3.05) is 13.7 Å². The van der Waals surface area contributed by atoms with Crippen LogP contribution in [-0.4, -0.2) is 41.3 Å². The molecule has 0 saturated carbocycles. The molecule has 0 radical (unpaired) electrons. The minimum absolute atomic E-state index is 0.0806. The molecule has 0 spiro atoms. The normalized spacial score (nSPS) is 15.9. The van der Waals surface area contributed by atoms with Crippen LogP contribution in [0.4, 0.5) is 0 Å². The van der Waals surface area contributed by atoms with Crippen molar-refractivity contribution in [3.8, 4) is 0 Å². The van der Waals surface area contributed by atoms with Crippen molar-refractivity contribution in [1.82, 2.24) is 20.4 Å². The van der Waals surface area contributed by atoms with Crippen molar-refractivity contribution in [3.05, 3.63) is 52.8 Å². The number of ether oxygens (including phenoxy) is 1. The second-order valence-corrected chi connectivity index (χ2v) is 7.56. The molecule has 7 nitrogen and oxygen atoms in total. The van der Waals surface area contributed by atoms with E-state index in [9.17, 15) is 9.59 Å². The standard InChI is InChI=1S/C21H28N4O3/c1-14(2)24-21(27)18-12-23-25-9-8-16(10-19(18)25)11-22-20(26)17-6-4-15(5-7-17)13-28-3/h4-7,12,14,16H,8-11,13H2,1-3H3,(H,22,26)(H,24,27)/t16-/m0/s1. The highest BCUT2D eigenvalue weighted by molar-refractivity contribution is 5.95. The monoisotopic (exact) mass is 384 g/mol. The maximum absolute atomic E-state index is 12.4. The van der Waals surface area contributed by atoms with Crippen LogP contribution in [-0.2, 0) is 24.3 Å². The van der Waals surface area contributed by atoms with Gasteiger partial charge in [-0.1, -0.05) is 12.1 Å². The molecule has 2 amide bonds. The van der Waals surface area contributed by atoms with Gasteiger partial charge in [0, 0.05) is 31.8 Å². The first-order valence-electron chi connectivity index (χ1n) is 9.69. The second-order valence-electron chi connectivity index (χ2n) is 7.56. The molecule has 0 saturated heterocycles. The van der Waals surface area contributed by atoms with Crippen molar-refractivity contribution < 1.29 is 14.3 Å². The van der Waals surface area contributed by atoms with Crippen LogP contribution in [0, 0.1) is 5.92 Å². The summed E-state index contributed by atoms with van der Waals surface area (Å²) in [5, 5.41) is 10.3. The van der Waals surface area contributed by atoms with Gasteiger partial charge in [-0.3, -0.25) is 14.3 Å². The summed E-state index contributed by atoms with van der Waals surface area (Å²) in [4.78, 5) is 24.8. The van der Waals surface area contributed by atoms with E-state index in [0.29, 0.717) is 24.3 Å². The van der Waals surface area contributed by atoms with Crippen LogP contribution in [0.2, 0.25) is 0 Å². The van der Waals surface area contributed by atoms with Crippen LogP contribution in [0.1, 0.15) is 52.2 Å². The van der Waals surface area contributed by atoms with Gasteiger partial charge in [-0.15, -0.1) is 0 Å². The lowest BCUT2D eigenvalue weighted by Gasteiger charge is -2.24. The molecule has 0 bridgehead atoms. The average Bonchev–Trinajstić information content (AvgIpc) is 3.10. The zero-order chi connectivity index (χ0) is 20.1. The van der Waals surface area contributed by atoms with E-state index in [1.54, 1.807) is 13.3 Å². The summed E-state index contributed by atoms with van der Waals surface area (Å²) < 4.78 is 6.99. The van der Waals surface area contributed by atoms with Crippen molar-refractivity contribution in [1.29, 1.82) is 0 Å². The van der Waals surface area contributed by atoms with Crippen LogP contribution in [0.5, 0.6) is 0 Å². The Balaban J connectivity index is 1.58. The van der Waals surface area contributed by atoms with Gasteiger partial charge in [0.05, 0.1) is 24.1 Å². The number of benzene rings is 1. The Bertz CT molecular complexity index is 827. The minimum Gasteiger partial charge on any atom is -0.380 e. The first kappa shape index (κ1) is 20.1. The predicted molar refractivity (Wildman–Crippen MR) is 106 cm³/mol. The van der Waals surface area contributed by atoms with Crippen LogP contribution in [0.25, 0.3) is 0 Å². The van der Waals surface area contributed by atoms with E-state index < -0.39 is 0 Å². The summed E-state index contributed by atoms with van der Waals surface area (Å²) in [5.74, 6) is 0.115. The number of fused-ring (bicyclic) bond motifs is 1. The molecule has 7 heteroatoms. The Morgan fingerprint density at radius 2 is 2.00 bits per heavy atom. The van der Waals surface area contributed by atoms with E-state index in [2.05, 4.69) is 15.7 Å². The Morgan fingerprint density at radius 1 is 1.25 bits per heavy atom. The number of hydrogen-bond donors (Lipinski definition) is 2. The fourth-order valence-corrected chi connectivity index (χ4v) is 3.46. The van der Waals surface area contributed by atoms with Crippen molar-refractivity contribution >= 4 is 11.8 Å². The van der Waals surface area contributed by atoms with Gasteiger partial charge in [-0.25, -0.2) is 0 Å². The van der Waals surface area contributed by atoms with E-state index in [0.717, 1.165) is 30.6 Å². The summed E-state index contributed by atoms with van der Waals surface area (Å²) >= 11 is 0. The third-order valence-electron chi connectivity index (χ3n) is 4.92. The van der Waals surface area contributed by atoms with Crippen LogP contribution < -0.4 is 10.6 Å².